The maximum atomic E-state index is 11.9. The average molecular weight is 350 g/mol. The molecule has 1 aliphatic heterocycles. The average Bonchev–Trinajstić information content (AvgIpc) is 2.96. The standard InChI is InChI=1S/C17H16ClNO3S/c1-11-4-7-23-15(11)10-19-16(20)3-2-12-8-13(18)17-14(9-12)21-5-6-22-17/h2-4,7-9H,5-6,10H2,1H3,(H,19,20)/b3-2+. The van der Waals surface area contributed by atoms with Crippen LogP contribution in [0.25, 0.3) is 6.08 Å². The molecule has 0 radical (unpaired) electrons. The van der Waals surface area contributed by atoms with Gasteiger partial charge in [-0.05, 0) is 47.7 Å². The van der Waals surface area contributed by atoms with Crippen molar-refractivity contribution in [1.82, 2.24) is 5.32 Å². The lowest BCUT2D eigenvalue weighted by Gasteiger charge is -2.19. The van der Waals surface area contributed by atoms with Crippen LogP contribution < -0.4 is 14.8 Å². The van der Waals surface area contributed by atoms with Crippen LogP contribution in [0.5, 0.6) is 11.5 Å². The quantitative estimate of drug-likeness (QED) is 0.854. The molecule has 2 aromatic rings. The van der Waals surface area contributed by atoms with Crippen molar-refractivity contribution in [3.63, 3.8) is 0 Å². The van der Waals surface area contributed by atoms with Gasteiger partial charge in [-0.1, -0.05) is 11.6 Å². The minimum atomic E-state index is -0.149. The van der Waals surface area contributed by atoms with Crippen molar-refractivity contribution in [3.05, 3.63) is 50.7 Å². The fourth-order valence-electron chi connectivity index (χ4n) is 2.21. The number of ether oxygens (including phenoxy) is 2. The molecule has 0 saturated carbocycles. The molecule has 4 nitrogen and oxygen atoms in total. The van der Waals surface area contributed by atoms with E-state index in [1.807, 2.05) is 24.4 Å². The summed E-state index contributed by atoms with van der Waals surface area (Å²) in [4.78, 5) is 13.1. The summed E-state index contributed by atoms with van der Waals surface area (Å²) in [6.07, 6.45) is 3.20. The van der Waals surface area contributed by atoms with Crippen molar-refractivity contribution in [3.8, 4) is 11.5 Å². The Bertz CT molecular complexity index is 754. The Labute approximate surface area is 143 Å². The number of halogens is 1. The predicted octanol–water partition coefficient (Wildman–Crippen LogP) is 3.81. The second-order valence-electron chi connectivity index (χ2n) is 5.10. The van der Waals surface area contributed by atoms with E-state index in [0.717, 1.165) is 10.4 Å². The topological polar surface area (TPSA) is 47.6 Å². The van der Waals surface area contributed by atoms with Gasteiger partial charge in [-0.15, -0.1) is 11.3 Å². The van der Waals surface area contributed by atoms with Crippen molar-refractivity contribution in [2.75, 3.05) is 13.2 Å². The van der Waals surface area contributed by atoms with Gasteiger partial charge in [0.05, 0.1) is 11.6 Å². The van der Waals surface area contributed by atoms with Gasteiger partial charge in [0.25, 0.3) is 0 Å². The molecule has 1 aromatic carbocycles. The van der Waals surface area contributed by atoms with E-state index in [9.17, 15) is 4.79 Å². The molecule has 0 saturated heterocycles. The molecular formula is C17H16ClNO3S. The summed E-state index contributed by atoms with van der Waals surface area (Å²) < 4.78 is 11.0. The zero-order valence-corrected chi connectivity index (χ0v) is 14.2. The Kier molecular flexibility index (Phi) is 4.88. The number of hydrogen-bond donors (Lipinski definition) is 1. The number of aryl methyl sites for hydroxylation is 1. The second kappa shape index (κ2) is 7.06. The second-order valence-corrected chi connectivity index (χ2v) is 6.51. The number of fused-ring (bicyclic) bond motifs is 1. The van der Waals surface area contributed by atoms with E-state index in [4.69, 9.17) is 21.1 Å². The monoisotopic (exact) mass is 349 g/mol. The Hall–Kier alpha value is -1.98. The van der Waals surface area contributed by atoms with Gasteiger partial charge in [-0.25, -0.2) is 0 Å². The molecule has 0 atom stereocenters. The Balaban J connectivity index is 1.64. The van der Waals surface area contributed by atoms with Gasteiger partial charge in [-0.2, -0.15) is 0 Å². The van der Waals surface area contributed by atoms with Crippen LogP contribution in [0.2, 0.25) is 5.02 Å². The van der Waals surface area contributed by atoms with Gasteiger partial charge in [0.2, 0.25) is 5.91 Å². The number of hydrogen-bond acceptors (Lipinski definition) is 4. The minimum absolute atomic E-state index is 0.149. The van der Waals surface area contributed by atoms with Crippen LogP contribution in [0.4, 0.5) is 0 Å². The van der Waals surface area contributed by atoms with Crippen LogP contribution in [-0.4, -0.2) is 19.1 Å². The van der Waals surface area contributed by atoms with Crippen molar-refractivity contribution in [1.29, 1.82) is 0 Å². The fourth-order valence-corrected chi connectivity index (χ4v) is 3.33. The highest BCUT2D eigenvalue weighted by Crippen LogP contribution is 2.38. The van der Waals surface area contributed by atoms with Crippen LogP contribution in [0, 0.1) is 6.92 Å². The van der Waals surface area contributed by atoms with E-state index in [2.05, 4.69) is 5.32 Å². The lowest BCUT2D eigenvalue weighted by Crippen LogP contribution is -2.20. The van der Waals surface area contributed by atoms with Crippen LogP contribution in [0.3, 0.4) is 0 Å². The maximum Gasteiger partial charge on any atom is 0.244 e. The summed E-state index contributed by atoms with van der Waals surface area (Å²) in [6, 6.07) is 5.61. The van der Waals surface area contributed by atoms with E-state index < -0.39 is 0 Å². The fraction of sp³-hybridized carbons (Fsp3) is 0.235. The molecule has 0 fully saturated rings. The summed E-state index contributed by atoms with van der Waals surface area (Å²) in [5, 5.41) is 5.37. The van der Waals surface area contributed by atoms with Gasteiger partial charge >= 0.3 is 0 Å². The van der Waals surface area contributed by atoms with Gasteiger partial charge in [-0.3, -0.25) is 4.79 Å². The highest BCUT2D eigenvalue weighted by molar-refractivity contribution is 7.10. The van der Waals surface area contributed by atoms with Crippen molar-refractivity contribution in [2.45, 2.75) is 13.5 Å². The first-order valence-electron chi connectivity index (χ1n) is 7.21. The molecule has 3 rings (SSSR count). The summed E-state index contributed by atoms with van der Waals surface area (Å²) in [6.45, 7) is 3.56. The Morgan fingerprint density at radius 1 is 1.39 bits per heavy atom. The summed E-state index contributed by atoms with van der Waals surface area (Å²) in [7, 11) is 0. The zero-order chi connectivity index (χ0) is 16.2. The third kappa shape index (κ3) is 3.86. The molecule has 0 bridgehead atoms. The SMILES string of the molecule is Cc1ccsc1CNC(=O)/C=C/c1cc(Cl)c2c(c1)OCCO2. The van der Waals surface area contributed by atoms with Gasteiger partial charge in [0, 0.05) is 11.0 Å². The normalized spacial score (nSPS) is 13.3. The van der Waals surface area contributed by atoms with E-state index in [-0.39, 0.29) is 5.91 Å². The molecule has 0 unspecified atom stereocenters. The smallest absolute Gasteiger partial charge is 0.244 e. The largest absolute Gasteiger partial charge is 0.486 e. The van der Waals surface area contributed by atoms with E-state index in [1.54, 1.807) is 23.5 Å². The number of nitrogens with one attached hydrogen (secondary N) is 1. The molecule has 1 N–H and O–H groups in total. The third-order valence-electron chi connectivity index (χ3n) is 3.44. The molecule has 1 aromatic heterocycles. The lowest BCUT2D eigenvalue weighted by atomic mass is 10.1. The maximum absolute atomic E-state index is 11.9. The number of thiophene rings is 1. The molecule has 6 heteroatoms. The number of benzene rings is 1. The molecule has 2 heterocycles. The first kappa shape index (κ1) is 15.9. The lowest BCUT2D eigenvalue weighted by molar-refractivity contribution is -0.116. The van der Waals surface area contributed by atoms with E-state index in [0.29, 0.717) is 36.3 Å². The summed E-state index contributed by atoms with van der Waals surface area (Å²) >= 11 is 7.81. The van der Waals surface area contributed by atoms with Crippen LogP contribution >= 0.6 is 22.9 Å². The van der Waals surface area contributed by atoms with Crippen LogP contribution in [0.1, 0.15) is 16.0 Å². The number of amides is 1. The molecular weight excluding hydrogens is 334 g/mol. The van der Waals surface area contributed by atoms with Crippen LogP contribution in [0.15, 0.2) is 29.7 Å². The molecule has 23 heavy (non-hydrogen) atoms. The summed E-state index contributed by atoms with van der Waals surface area (Å²) in [5.74, 6) is 1.02. The molecule has 0 aliphatic carbocycles. The number of rotatable bonds is 4. The van der Waals surface area contributed by atoms with Crippen LogP contribution in [-0.2, 0) is 11.3 Å². The van der Waals surface area contributed by atoms with Gasteiger partial charge in [0.15, 0.2) is 11.5 Å². The third-order valence-corrected chi connectivity index (χ3v) is 4.74. The zero-order valence-electron chi connectivity index (χ0n) is 12.6. The van der Waals surface area contributed by atoms with Gasteiger partial charge in [0.1, 0.15) is 13.2 Å². The van der Waals surface area contributed by atoms with Crippen molar-refractivity contribution < 1.29 is 14.3 Å². The molecule has 1 amide bonds. The molecule has 1 aliphatic rings. The first-order chi connectivity index (χ1) is 11.1. The molecule has 120 valence electrons. The highest BCUT2D eigenvalue weighted by atomic mass is 35.5. The van der Waals surface area contributed by atoms with Crippen molar-refractivity contribution in [2.24, 2.45) is 0 Å². The first-order valence-corrected chi connectivity index (χ1v) is 8.47. The summed E-state index contributed by atoms with van der Waals surface area (Å²) in [5.41, 5.74) is 1.99. The number of carbonyl (C=O) groups excluding carboxylic acids is 1. The Morgan fingerprint density at radius 2 is 2.22 bits per heavy atom. The minimum Gasteiger partial charge on any atom is -0.486 e. The van der Waals surface area contributed by atoms with Gasteiger partial charge < -0.3 is 14.8 Å². The van der Waals surface area contributed by atoms with Crippen molar-refractivity contribution >= 4 is 34.9 Å². The van der Waals surface area contributed by atoms with E-state index in [1.165, 1.54) is 11.6 Å². The highest BCUT2D eigenvalue weighted by Gasteiger charge is 2.15. The van der Waals surface area contributed by atoms with E-state index >= 15 is 0 Å². The molecule has 0 spiro atoms. The number of carbonyl (C=O) groups is 1. The Morgan fingerprint density at radius 3 is 3.00 bits per heavy atom. The predicted molar refractivity (Wildman–Crippen MR) is 92.4 cm³/mol.